The van der Waals surface area contributed by atoms with Crippen LogP contribution in [0.4, 0.5) is 0 Å². The van der Waals surface area contributed by atoms with Gasteiger partial charge in [0.2, 0.25) is 10.0 Å². The van der Waals surface area contributed by atoms with E-state index in [-0.39, 0.29) is 17.9 Å². The summed E-state index contributed by atoms with van der Waals surface area (Å²) in [5, 5.41) is 3.31. The van der Waals surface area contributed by atoms with Gasteiger partial charge in [0, 0.05) is 19.7 Å². The summed E-state index contributed by atoms with van der Waals surface area (Å²) in [5.41, 5.74) is 0. The van der Waals surface area contributed by atoms with Crippen LogP contribution in [0.3, 0.4) is 0 Å². The molecule has 0 aromatic heterocycles. The monoisotopic (exact) mass is 276 g/mol. The summed E-state index contributed by atoms with van der Waals surface area (Å²) in [6.45, 7) is 2.61. The van der Waals surface area contributed by atoms with Crippen molar-refractivity contribution in [3.05, 3.63) is 0 Å². The number of nitrogens with one attached hydrogen (secondary N) is 1. The third kappa shape index (κ3) is 3.66. The van der Waals surface area contributed by atoms with Gasteiger partial charge in [-0.1, -0.05) is 0 Å². The van der Waals surface area contributed by atoms with Crippen molar-refractivity contribution in [1.29, 1.82) is 0 Å². The van der Waals surface area contributed by atoms with Crippen LogP contribution in [0, 0.1) is 0 Å². The molecular formula is C12H24N2O3S. The van der Waals surface area contributed by atoms with Crippen LogP contribution >= 0.6 is 0 Å². The third-order valence-corrected chi connectivity index (χ3v) is 5.89. The van der Waals surface area contributed by atoms with E-state index in [4.69, 9.17) is 4.74 Å². The lowest BCUT2D eigenvalue weighted by molar-refractivity contribution is 0.126. The van der Waals surface area contributed by atoms with Gasteiger partial charge in [-0.3, -0.25) is 0 Å². The summed E-state index contributed by atoms with van der Waals surface area (Å²) in [7, 11) is -1.46. The van der Waals surface area contributed by atoms with E-state index >= 15 is 0 Å². The third-order valence-electron chi connectivity index (χ3n) is 3.92. The second-order valence-electron chi connectivity index (χ2n) is 5.26. The van der Waals surface area contributed by atoms with Crippen molar-refractivity contribution in [2.75, 3.05) is 32.5 Å². The van der Waals surface area contributed by atoms with Gasteiger partial charge in [-0.05, 0) is 45.2 Å². The Bertz CT molecular complexity index is 344. The molecule has 0 bridgehead atoms. The molecular weight excluding hydrogens is 252 g/mol. The molecule has 2 fully saturated rings. The number of sulfonamides is 1. The van der Waals surface area contributed by atoms with E-state index in [0.717, 1.165) is 45.2 Å². The number of hydrogen-bond donors (Lipinski definition) is 1. The van der Waals surface area contributed by atoms with Crippen molar-refractivity contribution in [1.82, 2.24) is 9.62 Å². The van der Waals surface area contributed by atoms with Crippen LogP contribution in [-0.4, -0.2) is 57.4 Å². The van der Waals surface area contributed by atoms with E-state index in [2.05, 4.69) is 5.32 Å². The lowest BCUT2D eigenvalue weighted by Crippen LogP contribution is -2.41. The maximum absolute atomic E-state index is 12.3. The first-order valence-electron chi connectivity index (χ1n) is 6.87. The second-order valence-corrected chi connectivity index (χ2v) is 7.34. The molecule has 0 radical (unpaired) electrons. The summed E-state index contributed by atoms with van der Waals surface area (Å²) in [4.78, 5) is 0. The minimum atomic E-state index is -3.18. The fourth-order valence-corrected chi connectivity index (χ4v) is 4.35. The largest absolute Gasteiger partial charge is 0.377 e. The van der Waals surface area contributed by atoms with Crippen molar-refractivity contribution >= 4 is 10.0 Å². The van der Waals surface area contributed by atoms with E-state index in [1.807, 2.05) is 0 Å². The predicted octanol–water partition coefficient (Wildman–Crippen LogP) is 0.569. The molecule has 106 valence electrons. The molecule has 18 heavy (non-hydrogen) atoms. The van der Waals surface area contributed by atoms with Gasteiger partial charge in [-0.2, -0.15) is 0 Å². The quantitative estimate of drug-likeness (QED) is 0.815. The van der Waals surface area contributed by atoms with Crippen molar-refractivity contribution in [2.24, 2.45) is 0 Å². The van der Waals surface area contributed by atoms with E-state index in [1.165, 1.54) is 0 Å². The molecule has 2 saturated heterocycles. The highest BCUT2D eigenvalue weighted by atomic mass is 32.2. The van der Waals surface area contributed by atoms with Gasteiger partial charge in [-0.25, -0.2) is 12.7 Å². The fourth-order valence-electron chi connectivity index (χ4n) is 2.72. The minimum absolute atomic E-state index is 0.0960. The molecule has 2 unspecified atom stereocenters. The van der Waals surface area contributed by atoms with Crippen LogP contribution in [0.15, 0.2) is 0 Å². The van der Waals surface area contributed by atoms with Gasteiger partial charge in [0.1, 0.15) is 0 Å². The standard InChI is InChI=1S/C12H24N2O3S/c1-14(11-4-2-7-13-8-6-11)18(15,16)10-12-5-3-9-17-12/h11-13H,2-10H2,1H3. The molecule has 5 nitrogen and oxygen atoms in total. The number of hydrogen-bond acceptors (Lipinski definition) is 4. The molecule has 0 saturated carbocycles. The van der Waals surface area contributed by atoms with Gasteiger partial charge < -0.3 is 10.1 Å². The maximum atomic E-state index is 12.3. The van der Waals surface area contributed by atoms with Crippen LogP contribution in [0.2, 0.25) is 0 Å². The van der Waals surface area contributed by atoms with E-state index in [0.29, 0.717) is 6.61 Å². The summed E-state index contributed by atoms with van der Waals surface area (Å²) in [6.07, 6.45) is 4.66. The zero-order valence-electron chi connectivity index (χ0n) is 11.1. The van der Waals surface area contributed by atoms with Gasteiger partial charge in [0.05, 0.1) is 11.9 Å². The average Bonchev–Trinajstić information content (AvgIpc) is 2.68. The molecule has 1 N–H and O–H groups in total. The summed E-state index contributed by atoms with van der Waals surface area (Å²) < 4.78 is 31.7. The highest BCUT2D eigenvalue weighted by Crippen LogP contribution is 2.19. The van der Waals surface area contributed by atoms with E-state index in [1.54, 1.807) is 11.4 Å². The SMILES string of the molecule is CN(C1CCCNCC1)S(=O)(=O)CC1CCCO1. The Morgan fingerprint density at radius 1 is 1.22 bits per heavy atom. The zero-order valence-corrected chi connectivity index (χ0v) is 11.9. The minimum Gasteiger partial charge on any atom is -0.377 e. The summed E-state index contributed by atoms with van der Waals surface area (Å²) >= 11 is 0. The number of rotatable bonds is 4. The normalized spacial score (nSPS) is 30.6. The van der Waals surface area contributed by atoms with Gasteiger partial charge in [0.15, 0.2) is 0 Å². The molecule has 0 aliphatic carbocycles. The molecule has 0 spiro atoms. The lowest BCUT2D eigenvalue weighted by atomic mass is 10.1. The molecule has 2 heterocycles. The first-order chi connectivity index (χ1) is 8.59. The van der Waals surface area contributed by atoms with Crippen LogP contribution in [0.5, 0.6) is 0 Å². The van der Waals surface area contributed by atoms with Gasteiger partial charge in [0.25, 0.3) is 0 Å². The van der Waals surface area contributed by atoms with Crippen molar-refractivity contribution in [3.63, 3.8) is 0 Å². The van der Waals surface area contributed by atoms with Crippen molar-refractivity contribution in [3.8, 4) is 0 Å². The molecule has 0 amide bonds. The second kappa shape index (κ2) is 6.32. The van der Waals surface area contributed by atoms with Gasteiger partial charge in [-0.15, -0.1) is 0 Å². The first-order valence-corrected chi connectivity index (χ1v) is 8.48. The molecule has 0 aromatic rings. The number of nitrogens with zero attached hydrogens (tertiary/aromatic N) is 1. The Balaban J connectivity index is 1.94. The van der Waals surface area contributed by atoms with Crippen LogP contribution in [-0.2, 0) is 14.8 Å². The molecule has 6 heteroatoms. The Kier molecular flexibility index (Phi) is 5.00. The van der Waals surface area contributed by atoms with E-state index < -0.39 is 10.0 Å². The summed E-state index contributed by atoms with van der Waals surface area (Å²) in [6, 6.07) is 0.145. The molecule has 2 aliphatic heterocycles. The van der Waals surface area contributed by atoms with E-state index in [9.17, 15) is 8.42 Å². The Morgan fingerprint density at radius 2 is 2.06 bits per heavy atom. The molecule has 2 atom stereocenters. The van der Waals surface area contributed by atoms with Crippen molar-refractivity contribution < 1.29 is 13.2 Å². The lowest BCUT2D eigenvalue weighted by Gasteiger charge is -2.27. The van der Waals surface area contributed by atoms with Gasteiger partial charge >= 0.3 is 0 Å². The fraction of sp³-hybridized carbons (Fsp3) is 1.00. The predicted molar refractivity (Wildman–Crippen MR) is 71.0 cm³/mol. The molecule has 0 aromatic carbocycles. The van der Waals surface area contributed by atoms with Crippen molar-refractivity contribution in [2.45, 2.75) is 44.2 Å². The summed E-state index contributed by atoms with van der Waals surface area (Å²) in [5.74, 6) is 0.146. The molecule has 2 rings (SSSR count). The smallest absolute Gasteiger partial charge is 0.216 e. The Labute approximate surface area is 110 Å². The van der Waals surface area contributed by atoms with Crippen LogP contribution in [0.1, 0.15) is 32.1 Å². The Morgan fingerprint density at radius 3 is 2.78 bits per heavy atom. The first kappa shape index (κ1) is 14.2. The molecule has 2 aliphatic rings. The van der Waals surface area contributed by atoms with Crippen LogP contribution < -0.4 is 5.32 Å². The highest BCUT2D eigenvalue weighted by molar-refractivity contribution is 7.89. The maximum Gasteiger partial charge on any atom is 0.216 e. The Hall–Kier alpha value is -0.170. The zero-order chi connectivity index (χ0) is 13.0. The number of ether oxygens (including phenoxy) is 1. The topological polar surface area (TPSA) is 58.6 Å². The highest BCUT2D eigenvalue weighted by Gasteiger charge is 2.30. The van der Waals surface area contributed by atoms with Crippen LogP contribution in [0.25, 0.3) is 0 Å². The average molecular weight is 276 g/mol.